The molecule has 1 aromatic carbocycles. The Labute approximate surface area is 118 Å². The molecule has 2 N–H and O–H groups in total. The van der Waals surface area contributed by atoms with Gasteiger partial charge < -0.3 is 10.1 Å². The molecule has 1 fully saturated rings. The van der Waals surface area contributed by atoms with Crippen LogP contribution in [0.1, 0.15) is 28.9 Å². The van der Waals surface area contributed by atoms with Crippen molar-refractivity contribution in [3.05, 3.63) is 35.5 Å². The van der Waals surface area contributed by atoms with Crippen LogP contribution in [0.5, 0.6) is 0 Å². The SMILES string of the molecule is Cc1[nH]c2ccccc2c1C(=O)CN(CCO)C1CC1. The van der Waals surface area contributed by atoms with Crippen LogP contribution in [0.3, 0.4) is 0 Å². The number of aliphatic hydroxyl groups excluding tert-OH is 1. The molecule has 0 saturated heterocycles. The Hall–Kier alpha value is -1.65. The van der Waals surface area contributed by atoms with E-state index in [2.05, 4.69) is 9.88 Å². The molecular weight excluding hydrogens is 252 g/mol. The molecule has 3 rings (SSSR count). The van der Waals surface area contributed by atoms with Gasteiger partial charge in [0.25, 0.3) is 0 Å². The zero-order valence-corrected chi connectivity index (χ0v) is 11.7. The summed E-state index contributed by atoms with van der Waals surface area (Å²) < 4.78 is 0. The average Bonchev–Trinajstić information content (AvgIpc) is 3.20. The molecule has 0 aliphatic heterocycles. The Morgan fingerprint density at radius 3 is 2.85 bits per heavy atom. The first-order chi connectivity index (χ1) is 9.70. The third-order valence-electron chi connectivity index (χ3n) is 3.97. The van der Waals surface area contributed by atoms with Gasteiger partial charge in [0.15, 0.2) is 5.78 Å². The number of nitrogens with zero attached hydrogens (tertiary/aromatic N) is 1. The first kappa shape index (κ1) is 13.3. The summed E-state index contributed by atoms with van der Waals surface area (Å²) in [5.74, 6) is 0.139. The Kier molecular flexibility index (Phi) is 3.59. The minimum absolute atomic E-state index is 0.108. The van der Waals surface area contributed by atoms with E-state index in [1.54, 1.807) is 0 Å². The van der Waals surface area contributed by atoms with Crippen molar-refractivity contribution < 1.29 is 9.90 Å². The Morgan fingerprint density at radius 1 is 1.40 bits per heavy atom. The van der Waals surface area contributed by atoms with E-state index in [1.165, 1.54) is 0 Å². The van der Waals surface area contributed by atoms with Crippen LogP contribution in [0.4, 0.5) is 0 Å². The van der Waals surface area contributed by atoms with Gasteiger partial charge in [0.2, 0.25) is 0 Å². The Morgan fingerprint density at radius 2 is 2.15 bits per heavy atom. The molecule has 0 radical (unpaired) electrons. The molecule has 4 heteroatoms. The largest absolute Gasteiger partial charge is 0.395 e. The van der Waals surface area contributed by atoms with E-state index in [9.17, 15) is 4.79 Å². The minimum atomic E-state index is 0.108. The van der Waals surface area contributed by atoms with Crippen molar-refractivity contribution >= 4 is 16.7 Å². The summed E-state index contributed by atoms with van der Waals surface area (Å²) in [7, 11) is 0. The second-order valence-corrected chi connectivity index (χ2v) is 5.52. The van der Waals surface area contributed by atoms with Gasteiger partial charge in [-0.05, 0) is 25.8 Å². The fraction of sp³-hybridized carbons (Fsp3) is 0.438. The van der Waals surface area contributed by atoms with E-state index in [4.69, 9.17) is 5.11 Å². The lowest BCUT2D eigenvalue weighted by Gasteiger charge is -2.19. The summed E-state index contributed by atoms with van der Waals surface area (Å²) in [5.41, 5.74) is 2.73. The number of para-hydroxylation sites is 1. The smallest absolute Gasteiger partial charge is 0.179 e. The lowest BCUT2D eigenvalue weighted by Crippen LogP contribution is -2.34. The van der Waals surface area contributed by atoms with Crippen LogP contribution in [0.15, 0.2) is 24.3 Å². The highest BCUT2D eigenvalue weighted by atomic mass is 16.3. The molecule has 1 heterocycles. The summed E-state index contributed by atoms with van der Waals surface area (Å²) in [4.78, 5) is 18.0. The zero-order chi connectivity index (χ0) is 14.1. The molecule has 4 nitrogen and oxygen atoms in total. The maximum Gasteiger partial charge on any atom is 0.179 e. The normalized spacial score (nSPS) is 15.2. The Bertz CT molecular complexity index is 628. The number of nitrogens with one attached hydrogen (secondary N) is 1. The molecule has 2 aromatic rings. The van der Waals surface area contributed by atoms with Gasteiger partial charge in [-0.3, -0.25) is 9.69 Å². The molecule has 0 amide bonds. The fourth-order valence-electron chi connectivity index (χ4n) is 2.86. The van der Waals surface area contributed by atoms with Crippen LogP contribution >= 0.6 is 0 Å². The molecule has 1 aromatic heterocycles. The molecule has 106 valence electrons. The highest BCUT2D eigenvalue weighted by molar-refractivity contribution is 6.10. The molecule has 1 aliphatic rings. The monoisotopic (exact) mass is 272 g/mol. The second kappa shape index (κ2) is 5.38. The third kappa shape index (κ3) is 2.49. The number of ketones is 1. The number of aromatic amines is 1. The van der Waals surface area contributed by atoms with Crippen molar-refractivity contribution in [3.63, 3.8) is 0 Å². The molecule has 1 aliphatic carbocycles. The number of aliphatic hydroxyl groups is 1. The molecule has 0 spiro atoms. The first-order valence-electron chi connectivity index (χ1n) is 7.16. The standard InChI is InChI=1S/C16H20N2O2/c1-11-16(13-4-2-3-5-14(13)17-11)15(20)10-18(8-9-19)12-6-7-12/h2-5,12,17,19H,6-10H2,1H3. The van der Waals surface area contributed by atoms with Crippen LogP contribution in [0, 0.1) is 6.92 Å². The van der Waals surface area contributed by atoms with Crippen molar-refractivity contribution in [2.24, 2.45) is 0 Å². The summed E-state index contributed by atoms with van der Waals surface area (Å²) >= 11 is 0. The highest BCUT2D eigenvalue weighted by Crippen LogP contribution is 2.28. The third-order valence-corrected chi connectivity index (χ3v) is 3.97. The number of H-pyrrole nitrogens is 1. The summed E-state index contributed by atoms with van der Waals surface area (Å²) in [6, 6.07) is 8.38. The number of benzene rings is 1. The van der Waals surface area contributed by atoms with E-state index in [0.29, 0.717) is 19.1 Å². The lowest BCUT2D eigenvalue weighted by atomic mass is 10.1. The van der Waals surface area contributed by atoms with E-state index in [0.717, 1.165) is 35.0 Å². The van der Waals surface area contributed by atoms with Gasteiger partial charge in [-0.25, -0.2) is 0 Å². The van der Waals surface area contributed by atoms with Crippen LogP contribution in [-0.2, 0) is 0 Å². The van der Waals surface area contributed by atoms with Gasteiger partial charge in [-0.15, -0.1) is 0 Å². The quantitative estimate of drug-likeness (QED) is 0.792. The zero-order valence-electron chi connectivity index (χ0n) is 11.7. The predicted octanol–water partition coefficient (Wildman–Crippen LogP) is 2.12. The van der Waals surface area contributed by atoms with Gasteiger partial charge in [0.05, 0.1) is 13.2 Å². The predicted molar refractivity (Wildman–Crippen MR) is 79.0 cm³/mol. The van der Waals surface area contributed by atoms with Gasteiger partial charge in [-0.1, -0.05) is 18.2 Å². The molecule has 0 atom stereocenters. The van der Waals surface area contributed by atoms with Gasteiger partial charge in [0, 0.05) is 34.7 Å². The van der Waals surface area contributed by atoms with Crippen molar-refractivity contribution in [1.82, 2.24) is 9.88 Å². The molecule has 20 heavy (non-hydrogen) atoms. The number of Topliss-reactive ketones (excluding diaryl/α,β-unsaturated/α-hetero) is 1. The number of aryl methyl sites for hydroxylation is 1. The number of hydrogen-bond donors (Lipinski definition) is 2. The number of rotatable bonds is 6. The summed E-state index contributed by atoms with van der Waals surface area (Å²) in [6.07, 6.45) is 2.28. The van der Waals surface area contributed by atoms with Gasteiger partial charge >= 0.3 is 0 Å². The topological polar surface area (TPSA) is 56.3 Å². The highest BCUT2D eigenvalue weighted by Gasteiger charge is 2.30. The number of aromatic nitrogens is 1. The van der Waals surface area contributed by atoms with E-state index in [-0.39, 0.29) is 12.4 Å². The van der Waals surface area contributed by atoms with Crippen LogP contribution in [0.25, 0.3) is 10.9 Å². The average molecular weight is 272 g/mol. The number of carbonyl (C=O) groups excluding carboxylic acids is 1. The fourth-order valence-corrected chi connectivity index (χ4v) is 2.86. The van der Waals surface area contributed by atoms with Crippen molar-refractivity contribution in [1.29, 1.82) is 0 Å². The molecule has 0 unspecified atom stereocenters. The molecule has 1 saturated carbocycles. The van der Waals surface area contributed by atoms with Gasteiger partial charge in [-0.2, -0.15) is 0 Å². The minimum Gasteiger partial charge on any atom is -0.395 e. The van der Waals surface area contributed by atoms with Crippen LogP contribution in [0.2, 0.25) is 0 Å². The van der Waals surface area contributed by atoms with E-state index >= 15 is 0 Å². The van der Waals surface area contributed by atoms with Crippen LogP contribution < -0.4 is 0 Å². The van der Waals surface area contributed by atoms with Crippen molar-refractivity contribution in [3.8, 4) is 0 Å². The lowest BCUT2D eigenvalue weighted by molar-refractivity contribution is 0.0908. The summed E-state index contributed by atoms with van der Waals surface area (Å²) in [6.45, 7) is 3.03. The van der Waals surface area contributed by atoms with Crippen molar-refractivity contribution in [2.75, 3.05) is 19.7 Å². The Balaban J connectivity index is 1.86. The second-order valence-electron chi connectivity index (χ2n) is 5.52. The summed E-state index contributed by atoms with van der Waals surface area (Å²) in [5, 5.41) is 10.1. The van der Waals surface area contributed by atoms with Crippen LogP contribution in [-0.4, -0.2) is 46.5 Å². The van der Waals surface area contributed by atoms with E-state index in [1.807, 2.05) is 31.2 Å². The van der Waals surface area contributed by atoms with Gasteiger partial charge in [0.1, 0.15) is 0 Å². The van der Waals surface area contributed by atoms with Crippen molar-refractivity contribution in [2.45, 2.75) is 25.8 Å². The maximum atomic E-state index is 12.6. The molecule has 0 bridgehead atoms. The number of hydrogen-bond acceptors (Lipinski definition) is 3. The molecular formula is C16H20N2O2. The number of carbonyl (C=O) groups is 1. The first-order valence-corrected chi connectivity index (χ1v) is 7.16. The van der Waals surface area contributed by atoms with E-state index < -0.39 is 0 Å². The maximum absolute atomic E-state index is 12.6. The number of fused-ring (bicyclic) bond motifs is 1.